The number of hydrogen-bond acceptors (Lipinski definition) is 3. The van der Waals surface area contributed by atoms with E-state index >= 15 is 0 Å². The van der Waals surface area contributed by atoms with Crippen LogP contribution in [0.2, 0.25) is 0 Å². The van der Waals surface area contributed by atoms with Gasteiger partial charge in [0.15, 0.2) is 0 Å². The molecule has 1 fully saturated rings. The first-order valence-corrected chi connectivity index (χ1v) is 9.47. The summed E-state index contributed by atoms with van der Waals surface area (Å²) in [7, 11) is -3.15. The lowest BCUT2D eigenvalue weighted by Crippen LogP contribution is -2.42. The molecule has 1 atom stereocenters. The molecular formula is C16H23NO3S. The first-order valence-electron chi connectivity index (χ1n) is 7.41. The Morgan fingerprint density at radius 1 is 1.29 bits per heavy atom. The van der Waals surface area contributed by atoms with Crippen molar-refractivity contribution in [2.45, 2.75) is 26.2 Å². The summed E-state index contributed by atoms with van der Waals surface area (Å²) < 4.78 is 22.8. The second-order valence-electron chi connectivity index (χ2n) is 6.07. The number of nitrogens with zero attached hydrogens (tertiary/aromatic N) is 1. The maximum atomic E-state index is 12.7. The van der Waals surface area contributed by atoms with Crippen LogP contribution in [0.3, 0.4) is 0 Å². The van der Waals surface area contributed by atoms with Gasteiger partial charge in [-0.3, -0.25) is 4.79 Å². The number of rotatable bonds is 6. The number of sulfone groups is 1. The van der Waals surface area contributed by atoms with Crippen molar-refractivity contribution in [3.63, 3.8) is 0 Å². The van der Waals surface area contributed by atoms with Gasteiger partial charge in [-0.15, -0.1) is 0 Å². The SMILES string of the molecule is C[C@H](CS(C)(=O)=O)C(=O)N(CC1CCC1)c1ccccc1. The summed E-state index contributed by atoms with van der Waals surface area (Å²) >= 11 is 0. The zero-order valence-electron chi connectivity index (χ0n) is 12.7. The van der Waals surface area contributed by atoms with Gasteiger partial charge in [-0.1, -0.05) is 31.5 Å². The first-order chi connectivity index (χ1) is 9.87. The van der Waals surface area contributed by atoms with Crippen molar-refractivity contribution in [3.05, 3.63) is 30.3 Å². The zero-order valence-corrected chi connectivity index (χ0v) is 13.5. The fourth-order valence-corrected chi connectivity index (χ4v) is 3.71. The van der Waals surface area contributed by atoms with Crippen LogP contribution in [-0.2, 0) is 14.6 Å². The third-order valence-electron chi connectivity index (χ3n) is 3.97. The van der Waals surface area contributed by atoms with Gasteiger partial charge in [0, 0.05) is 24.4 Å². The van der Waals surface area contributed by atoms with Crippen molar-refractivity contribution in [2.75, 3.05) is 23.5 Å². The second kappa shape index (κ2) is 6.60. The molecule has 0 aliphatic heterocycles. The molecule has 116 valence electrons. The van der Waals surface area contributed by atoms with E-state index in [0.29, 0.717) is 12.5 Å². The van der Waals surface area contributed by atoms with Crippen molar-refractivity contribution >= 4 is 21.4 Å². The predicted octanol–water partition coefficient (Wildman–Crippen LogP) is 2.50. The molecule has 1 aliphatic carbocycles. The molecule has 1 aromatic carbocycles. The van der Waals surface area contributed by atoms with Crippen LogP contribution >= 0.6 is 0 Å². The number of amides is 1. The van der Waals surface area contributed by atoms with Crippen molar-refractivity contribution in [3.8, 4) is 0 Å². The molecule has 0 saturated heterocycles. The quantitative estimate of drug-likeness (QED) is 0.811. The number of carbonyl (C=O) groups is 1. The molecule has 0 aromatic heterocycles. The summed E-state index contributed by atoms with van der Waals surface area (Å²) in [6.07, 6.45) is 4.70. The van der Waals surface area contributed by atoms with Crippen molar-refractivity contribution in [1.82, 2.24) is 0 Å². The number of benzene rings is 1. The van der Waals surface area contributed by atoms with E-state index in [2.05, 4.69) is 0 Å². The highest BCUT2D eigenvalue weighted by molar-refractivity contribution is 7.90. The summed E-state index contributed by atoms with van der Waals surface area (Å²) in [5.41, 5.74) is 0.856. The lowest BCUT2D eigenvalue weighted by atomic mass is 9.85. The predicted molar refractivity (Wildman–Crippen MR) is 85.0 cm³/mol. The molecule has 0 heterocycles. The molecule has 1 aliphatic rings. The van der Waals surface area contributed by atoms with Crippen LogP contribution in [-0.4, -0.2) is 32.9 Å². The summed E-state index contributed by atoms with van der Waals surface area (Å²) in [6, 6.07) is 9.53. The van der Waals surface area contributed by atoms with Crippen molar-refractivity contribution < 1.29 is 13.2 Å². The van der Waals surface area contributed by atoms with E-state index in [1.165, 1.54) is 12.7 Å². The summed E-state index contributed by atoms with van der Waals surface area (Å²) in [5, 5.41) is 0. The van der Waals surface area contributed by atoms with E-state index in [1.54, 1.807) is 11.8 Å². The van der Waals surface area contributed by atoms with Crippen LogP contribution in [0.15, 0.2) is 30.3 Å². The van der Waals surface area contributed by atoms with E-state index in [4.69, 9.17) is 0 Å². The van der Waals surface area contributed by atoms with Gasteiger partial charge in [-0.25, -0.2) is 8.42 Å². The molecule has 4 nitrogen and oxygen atoms in total. The molecule has 1 amide bonds. The molecule has 5 heteroatoms. The van der Waals surface area contributed by atoms with E-state index < -0.39 is 15.8 Å². The number of carbonyl (C=O) groups excluding carboxylic acids is 1. The Morgan fingerprint density at radius 3 is 2.38 bits per heavy atom. The third-order valence-corrected chi connectivity index (χ3v) is 5.08. The molecule has 0 radical (unpaired) electrons. The van der Waals surface area contributed by atoms with Gasteiger partial charge in [0.1, 0.15) is 9.84 Å². The highest BCUT2D eigenvalue weighted by atomic mass is 32.2. The van der Waals surface area contributed by atoms with Gasteiger partial charge in [0.25, 0.3) is 0 Å². The Morgan fingerprint density at radius 2 is 1.90 bits per heavy atom. The maximum absolute atomic E-state index is 12.7. The summed E-state index contributed by atoms with van der Waals surface area (Å²) in [4.78, 5) is 14.4. The molecule has 0 unspecified atom stereocenters. The normalized spacial score (nSPS) is 17.0. The first kappa shape index (κ1) is 16.0. The molecular weight excluding hydrogens is 286 g/mol. The number of para-hydroxylation sites is 1. The molecule has 1 aromatic rings. The second-order valence-corrected chi connectivity index (χ2v) is 8.26. The largest absolute Gasteiger partial charge is 0.312 e. The summed E-state index contributed by atoms with van der Waals surface area (Å²) in [6.45, 7) is 2.39. The Labute approximate surface area is 127 Å². The minimum atomic E-state index is -3.15. The van der Waals surface area contributed by atoms with Crippen molar-refractivity contribution in [2.24, 2.45) is 11.8 Å². The van der Waals surface area contributed by atoms with Gasteiger partial charge in [-0.2, -0.15) is 0 Å². The molecule has 0 bridgehead atoms. The molecule has 2 rings (SSSR count). The molecule has 0 spiro atoms. The van der Waals surface area contributed by atoms with E-state index in [-0.39, 0.29) is 11.7 Å². The van der Waals surface area contributed by atoms with Crippen LogP contribution in [0.25, 0.3) is 0 Å². The van der Waals surface area contributed by atoms with E-state index in [1.807, 2.05) is 30.3 Å². The molecule has 0 N–H and O–H groups in total. The van der Waals surface area contributed by atoms with Gasteiger partial charge in [0.05, 0.1) is 5.75 Å². The highest BCUT2D eigenvalue weighted by Gasteiger charge is 2.28. The topological polar surface area (TPSA) is 54.5 Å². The van der Waals surface area contributed by atoms with Gasteiger partial charge in [0.2, 0.25) is 5.91 Å². The van der Waals surface area contributed by atoms with Crippen LogP contribution in [0.5, 0.6) is 0 Å². The standard InChI is InChI=1S/C16H23NO3S/c1-13(12-21(2,19)20)16(18)17(11-14-7-6-8-14)15-9-4-3-5-10-15/h3-5,9-10,13-14H,6-8,11-12H2,1-2H3/t13-/m1/s1. The monoisotopic (exact) mass is 309 g/mol. The minimum absolute atomic E-state index is 0.0974. The van der Waals surface area contributed by atoms with E-state index in [0.717, 1.165) is 18.5 Å². The smallest absolute Gasteiger partial charge is 0.230 e. The Balaban J connectivity index is 2.15. The van der Waals surface area contributed by atoms with Crippen LogP contribution in [0.4, 0.5) is 5.69 Å². The van der Waals surface area contributed by atoms with Crippen molar-refractivity contribution in [1.29, 1.82) is 0 Å². The third kappa shape index (κ3) is 4.56. The fourth-order valence-electron chi connectivity index (χ4n) is 2.66. The fraction of sp³-hybridized carbons (Fsp3) is 0.562. The average molecular weight is 309 g/mol. The van der Waals surface area contributed by atoms with Crippen LogP contribution < -0.4 is 4.90 Å². The number of anilines is 1. The van der Waals surface area contributed by atoms with Gasteiger partial charge < -0.3 is 4.90 Å². The molecule has 21 heavy (non-hydrogen) atoms. The van der Waals surface area contributed by atoms with Gasteiger partial charge >= 0.3 is 0 Å². The van der Waals surface area contributed by atoms with E-state index in [9.17, 15) is 13.2 Å². The zero-order chi connectivity index (χ0) is 15.5. The minimum Gasteiger partial charge on any atom is -0.312 e. The van der Waals surface area contributed by atoms with Crippen LogP contribution in [0, 0.1) is 11.8 Å². The Hall–Kier alpha value is -1.36. The average Bonchev–Trinajstić information content (AvgIpc) is 2.36. The lowest BCUT2D eigenvalue weighted by molar-refractivity contribution is -0.121. The lowest BCUT2D eigenvalue weighted by Gasteiger charge is -2.33. The number of hydrogen-bond donors (Lipinski definition) is 0. The molecule has 1 saturated carbocycles. The summed E-state index contributed by atoms with van der Waals surface area (Å²) in [5.74, 6) is -0.168. The Bertz CT molecular complexity index is 579. The maximum Gasteiger partial charge on any atom is 0.230 e. The van der Waals surface area contributed by atoms with Gasteiger partial charge in [-0.05, 0) is 30.9 Å². The highest BCUT2D eigenvalue weighted by Crippen LogP contribution is 2.29. The Kier molecular flexibility index (Phi) is 5.04. The van der Waals surface area contributed by atoms with Crippen LogP contribution in [0.1, 0.15) is 26.2 Å².